The lowest BCUT2D eigenvalue weighted by Gasteiger charge is -2.23. The van der Waals surface area contributed by atoms with Crippen LogP contribution in [0.3, 0.4) is 0 Å². The molecule has 2 aromatic rings. The molecule has 0 fully saturated rings. The molecule has 2 heteroatoms. The summed E-state index contributed by atoms with van der Waals surface area (Å²) in [5.74, 6) is 0. The molecular formula is C15H17NS. The van der Waals surface area contributed by atoms with Crippen molar-refractivity contribution >= 4 is 33.7 Å². The van der Waals surface area contributed by atoms with E-state index in [0.717, 1.165) is 11.4 Å². The first-order valence-corrected chi connectivity index (χ1v) is 6.31. The fraction of sp³-hybridized carbons (Fsp3) is 0.267. The molecule has 0 aliphatic heterocycles. The Morgan fingerprint density at radius 2 is 1.88 bits per heavy atom. The Hall–Kier alpha value is -1.41. The van der Waals surface area contributed by atoms with Crippen LogP contribution in [0.25, 0.3) is 10.8 Å². The van der Waals surface area contributed by atoms with E-state index >= 15 is 0 Å². The van der Waals surface area contributed by atoms with E-state index in [1.807, 2.05) is 0 Å². The van der Waals surface area contributed by atoms with E-state index in [2.05, 4.69) is 62.2 Å². The first-order valence-electron chi connectivity index (χ1n) is 5.90. The molecule has 0 unspecified atom stereocenters. The van der Waals surface area contributed by atoms with Gasteiger partial charge in [0, 0.05) is 12.4 Å². The zero-order valence-corrected chi connectivity index (χ0v) is 11.3. The third-order valence-electron chi connectivity index (χ3n) is 3.11. The minimum absolute atomic E-state index is 0.897. The van der Waals surface area contributed by atoms with Crippen LogP contribution in [-0.4, -0.2) is 12.0 Å². The predicted molar refractivity (Wildman–Crippen MR) is 80.0 cm³/mol. The van der Waals surface area contributed by atoms with Crippen LogP contribution < -0.4 is 4.90 Å². The van der Waals surface area contributed by atoms with Gasteiger partial charge in [0.1, 0.15) is 0 Å². The summed E-state index contributed by atoms with van der Waals surface area (Å²) >= 11 is 5.41. The molecule has 2 aromatic carbocycles. The van der Waals surface area contributed by atoms with Crippen LogP contribution in [0.5, 0.6) is 0 Å². The summed E-state index contributed by atoms with van der Waals surface area (Å²) in [6, 6.07) is 12.8. The molecule has 0 bridgehead atoms. The van der Waals surface area contributed by atoms with Crippen LogP contribution in [-0.2, 0) is 0 Å². The summed E-state index contributed by atoms with van der Waals surface area (Å²) in [5, 5.41) is 2.53. The Morgan fingerprint density at radius 3 is 2.59 bits per heavy atom. The second kappa shape index (κ2) is 4.84. The Balaban J connectivity index is 2.66. The number of rotatable bonds is 2. The van der Waals surface area contributed by atoms with Gasteiger partial charge in [-0.25, -0.2) is 0 Å². The van der Waals surface area contributed by atoms with Crippen molar-refractivity contribution in [2.75, 3.05) is 11.9 Å². The van der Waals surface area contributed by atoms with Crippen molar-refractivity contribution in [3.05, 3.63) is 42.0 Å². The number of aryl methyl sites for hydroxylation is 1. The van der Waals surface area contributed by atoms with E-state index in [4.69, 9.17) is 12.2 Å². The third kappa shape index (κ3) is 2.18. The highest BCUT2D eigenvalue weighted by atomic mass is 32.1. The van der Waals surface area contributed by atoms with Crippen LogP contribution in [0.2, 0.25) is 0 Å². The van der Waals surface area contributed by atoms with Gasteiger partial charge in [0.25, 0.3) is 0 Å². The van der Waals surface area contributed by atoms with Gasteiger partial charge in [0.2, 0.25) is 0 Å². The van der Waals surface area contributed by atoms with Crippen LogP contribution in [0.1, 0.15) is 18.9 Å². The van der Waals surface area contributed by atoms with E-state index in [0.29, 0.717) is 0 Å². The molecule has 0 spiro atoms. The predicted octanol–water partition coefficient (Wildman–Crippen LogP) is 4.32. The van der Waals surface area contributed by atoms with Gasteiger partial charge in [-0.3, -0.25) is 0 Å². The summed E-state index contributed by atoms with van der Waals surface area (Å²) in [6.07, 6.45) is 0.897. The molecule has 0 aliphatic rings. The van der Waals surface area contributed by atoms with Crippen molar-refractivity contribution in [1.82, 2.24) is 0 Å². The second-order valence-electron chi connectivity index (χ2n) is 4.26. The average Bonchev–Trinajstić information content (AvgIpc) is 2.37. The summed E-state index contributed by atoms with van der Waals surface area (Å²) in [7, 11) is 2.06. The molecule has 0 amide bonds. The van der Waals surface area contributed by atoms with Crippen molar-refractivity contribution in [3.8, 4) is 0 Å². The normalized spacial score (nSPS) is 10.5. The molecule has 0 aliphatic carbocycles. The van der Waals surface area contributed by atoms with Crippen LogP contribution in [0.4, 0.5) is 5.69 Å². The first-order chi connectivity index (χ1) is 8.15. The monoisotopic (exact) mass is 243 g/mol. The highest BCUT2D eigenvalue weighted by molar-refractivity contribution is 7.80. The third-order valence-corrected chi connectivity index (χ3v) is 3.68. The van der Waals surface area contributed by atoms with Crippen molar-refractivity contribution < 1.29 is 0 Å². The molecule has 88 valence electrons. The second-order valence-corrected chi connectivity index (χ2v) is 4.73. The minimum atomic E-state index is 0.897. The minimum Gasteiger partial charge on any atom is -0.338 e. The van der Waals surface area contributed by atoms with Crippen LogP contribution >= 0.6 is 12.2 Å². The molecule has 0 radical (unpaired) electrons. The highest BCUT2D eigenvalue weighted by Gasteiger charge is 2.11. The number of benzene rings is 2. The van der Waals surface area contributed by atoms with Gasteiger partial charge in [-0.1, -0.05) is 55.5 Å². The molecule has 0 heterocycles. The lowest BCUT2D eigenvalue weighted by atomic mass is 10.0. The molecule has 2 rings (SSSR count). The number of thiocarbonyl (C=S) groups is 1. The molecule has 1 nitrogen and oxygen atoms in total. The number of nitrogens with zero attached hydrogens (tertiary/aromatic N) is 1. The van der Waals surface area contributed by atoms with Crippen LogP contribution in [0.15, 0.2) is 36.4 Å². The van der Waals surface area contributed by atoms with Gasteiger partial charge in [-0.15, -0.1) is 0 Å². The fourth-order valence-electron chi connectivity index (χ4n) is 2.17. The Bertz CT molecular complexity index is 560. The standard InChI is InChI=1S/C15H17NS/c1-4-14(17)16(3)15-11(2)9-10-12-7-5-6-8-13(12)15/h5-10H,4H2,1-3H3. The van der Waals surface area contributed by atoms with Crippen molar-refractivity contribution in [2.24, 2.45) is 0 Å². The van der Waals surface area contributed by atoms with Gasteiger partial charge in [-0.2, -0.15) is 0 Å². The lowest BCUT2D eigenvalue weighted by Crippen LogP contribution is -2.24. The fourth-order valence-corrected chi connectivity index (χ4v) is 2.26. The molecule has 17 heavy (non-hydrogen) atoms. The number of fused-ring (bicyclic) bond motifs is 1. The van der Waals surface area contributed by atoms with E-state index < -0.39 is 0 Å². The topological polar surface area (TPSA) is 3.24 Å². The molecule has 0 N–H and O–H groups in total. The number of hydrogen-bond acceptors (Lipinski definition) is 1. The van der Waals surface area contributed by atoms with Gasteiger partial charge in [0.05, 0.1) is 10.7 Å². The Morgan fingerprint density at radius 1 is 1.18 bits per heavy atom. The van der Waals surface area contributed by atoms with E-state index in [1.54, 1.807) is 0 Å². The van der Waals surface area contributed by atoms with Gasteiger partial charge < -0.3 is 4.90 Å². The van der Waals surface area contributed by atoms with Gasteiger partial charge in [-0.05, 0) is 24.3 Å². The first kappa shape index (κ1) is 12.1. The van der Waals surface area contributed by atoms with Crippen molar-refractivity contribution in [3.63, 3.8) is 0 Å². The zero-order chi connectivity index (χ0) is 12.4. The quantitative estimate of drug-likeness (QED) is 0.723. The van der Waals surface area contributed by atoms with E-state index in [-0.39, 0.29) is 0 Å². The van der Waals surface area contributed by atoms with Crippen LogP contribution in [0, 0.1) is 6.92 Å². The van der Waals surface area contributed by atoms with Gasteiger partial charge >= 0.3 is 0 Å². The highest BCUT2D eigenvalue weighted by Crippen LogP contribution is 2.30. The van der Waals surface area contributed by atoms with Gasteiger partial charge in [0.15, 0.2) is 0 Å². The summed E-state index contributed by atoms with van der Waals surface area (Å²) in [5.41, 5.74) is 2.50. The summed E-state index contributed by atoms with van der Waals surface area (Å²) in [6.45, 7) is 4.23. The van der Waals surface area contributed by atoms with Crippen molar-refractivity contribution in [2.45, 2.75) is 20.3 Å². The molecule has 0 aromatic heterocycles. The maximum atomic E-state index is 5.41. The largest absolute Gasteiger partial charge is 0.338 e. The summed E-state index contributed by atoms with van der Waals surface area (Å²) < 4.78 is 0. The average molecular weight is 243 g/mol. The SMILES string of the molecule is CCC(=S)N(C)c1c(C)ccc2ccccc12. The maximum Gasteiger partial charge on any atom is 0.0818 e. The molecular weight excluding hydrogens is 226 g/mol. The number of hydrogen-bond donors (Lipinski definition) is 0. The zero-order valence-electron chi connectivity index (χ0n) is 10.5. The van der Waals surface area contributed by atoms with E-state index in [1.165, 1.54) is 22.0 Å². The lowest BCUT2D eigenvalue weighted by molar-refractivity contribution is 1.18. The smallest absolute Gasteiger partial charge is 0.0818 e. The Labute approximate surface area is 108 Å². The molecule has 0 atom stereocenters. The van der Waals surface area contributed by atoms with Crippen molar-refractivity contribution in [1.29, 1.82) is 0 Å². The summed E-state index contributed by atoms with van der Waals surface area (Å²) in [4.78, 5) is 3.11. The molecule has 0 saturated carbocycles. The Kier molecular flexibility index (Phi) is 3.43. The van der Waals surface area contributed by atoms with E-state index in [9.17, 15) is 0 Å². The molecule has 0 saturated heterocycles. The maximum absolute atomic E-state index is 5.41. The number of anilines is 1.